The number of para-hydroxylation sites is 1. The summed E-state index contributed by atoms with van der Waals surface area (Å²) in [5, 5.41) is 7.70. The van der Waals surface area contributed by atoms with Crippen LogP contribution in [0.3, 0.4) is 0 Å². The van der Waals surface area contributed by atoms with Crippen molar-refractivity contribution in [2.75, 3.05) is 31.3 Å². The van der Waals surface area contributed by atoms with Crippen LogP contribution in [-0.2, 0) is 30.6 Å². The Balaban J connectivity index is 1.50. The van der Waals surface area contributed by atoms with Crippen LogP contribution in [0.1, 0.15) is 36.6 Å². The van der Waals surface area contributed by atoms with Gasteiger partial charge in [-0.1, -0.05) is 37.8 Å². The zero-order valence-electron chi connectivity index (χ0n) is 22.6. The number of carbonyl (C=O) groups excluding carboxylic acids is 1. The average Bonchev–Trinajstić information content (AvgIpc) is 3.50. The molecule has 38 heavy (non-hydrogen) atoms. The molecule has 0 saturated carbocycles. The molecule has 7 heteroatoms. The van der Waals surface area contributed by atoms with Crippen LogP contribution >= 0.6 is 0 Å². The smallest absolute Gasteiger partial charge is 0.247 e. The Morgan fingerprint density at radius 2 is 2.00 bits per heavy atom. The molecule has 1 aliphatic rings. The van der Waals surface area contributed by atoms with E-state index in [2.05, 4.69) is 83.0 Å². The molecule has 0 aliphatic carbocycles. The first-order chi connectivity index (χ1) is 18.5. The van der Waals surface area contributed by atoms with E-state index in [1.807, 2.05) is 18.3 Å². The number of hydrogen-bond donors (Lipinski definition) is 2. The number of aromatic nitrogens is 3. The molecule has 0 radical (unpaired) electrons. The molecule has 5 rings (SSSR count). The van der Waals surface area contributed by atoms with Crippen molar-refractivity contribution in [2.45, 2.75) is 45.6 Å². The van der Waals surface area contributed by atoms with Gasteiger partial charge in [0, 0.05) is 46.3 Å². The van der Waals surface area contributed by atoms with E-state index in [-0.39, 0.29) is 5.91 Å². The van der Waals surface area contributed by atoms with Crippen molar-refractivity contribution in [1.29, 1.82) is 0 Å². The van der Waals surface area contributed by atoms with Crippen molar-refractivity contribution in [1.82, 2.24) is 19.4 Å². The van der Waals surface area contributed by atoms with Crippen LogP contribution in [0.4, 0.5) is 17.3 Å². The summed E-state index contributed by atoms with van der Waals surface area (Å²) in [5.74, 6) is 0.322. The van der Waals surface area contributed by atoms with Crippen LogP contribution < -0.4 is 10.6 Å². The third-order valence-corrected chi connectivity index (χ3v) is 7.24. The SMILES string of the molecule is C=CC(=O)Nc1cc(Nc2nccc(-c3c4n(c5ccccc35)CCC4)n2)c(CC)cc1CCCN(C)C. The largest absolute Gasteiger partial charge is 0.344 e. The number of fused-ring (bicyclic) bond motifs is 3. The van der Waals surface area contributed by atoms with Gasteiger partial charge in [-0.15, -0.1) is 0 Å². The first kappa shape index (κ1) is 25.7. The molecular weight excluding hydrogens is 472 g/mol. The highest BCUT2D eigenvalue weighted by atomic mass is 16.1. The monoisotopic (exact) mass is 508 g/mol. The van der Waals surface area contributed by atoms with Crippen LogP contribution in [0, 0.1) is 0 Å². The van der Waals surface area contributed by atoms with E-state index in [1.54, 1.807) is 0 Å². The zero-order chi connectivity index (χ0) is 26.6. The van der Waals surface area contributed by atoms with E-state index in [0.29, 0.717) is 5.95 Å². The number of rotatable bonds is 10. The summed E-state index contributed by atoms with van der Waals surface area (Å²) in [6, 6.07) is 14.8. The van der Waals surface area contributed by atoms with Crippen LogP contribution in [0.25, 0.3) is 22.2 Å². The van der Waals surface area contributed by atoms with Crippen LogP contribution in [0.15, 0.2) is 61.3 Å². The van der Waals surface area contributed by atoms with Crippen molar-refractivity contribution in [3.63, 3.8) is 0 Å². The number of hydrogen-bond acceptors (Lipinski definition) is 5. The van der Waals surface area contributed by atoms with Crippen molar-refractivity contribution in [3.05, 3.63) is 78.1 Å². The minimum Gasteiger partial charge on any atom is -0.344 e. The molecule has 4 aromatic rings. The molecule has 0 unspecified atom stereocenters. The summed E-state index contributed by atoms with van der Waals surface area (Å²) in [6.07, 6.45) is 8.05. The van der Waals surface area contributed by atoms with E-state index in [9.17, 15) is 4.79 Å². The lowest BCUT2D eigenvalue weighted by Crippen LogP contribution is -2.15. The van der Waals surface area contributed by atoms with Crippen molar-refractivity contribution in [3.8, 4) is 11.3 Å². The normalized spacial score (nSPS) is 12.6. The predicted octanol–water partition coefficient (Wildman–Crippen LogP) is 5.97. The summed E-state index contributed by atoms with van der Waals surface area (Å²) in [7, 11) is 4.15. The Hall–Kier alpha value is -3.97. The Morgan fingerprint density at radius 1 is 1.16 bits per heavy atom. The minimum absolute atomic E-state index is 0.221. The summed E-state index contributed by atoms with van der Waals surface area (Å²) in [6.45, 7) is 7.79. The number of aryl methyl sites for hydroxylation is 3. The van der Waals surface area contributed by atoms with Gasteiger partial charge in [0.1, 0.15) is 0 Å². The maximum atomic E-state index is 12.2. The number of amides is 1. The lowest BCUT2D eigenvalue weighted by Gasteiger charge is -2.18. The molecule has 0 atom stereocenters. The first-order valence-electron chi connectivity index (χ1n) is 13.4. The summed E-state index contributed by atoms with van der Waals surface area (Å²) in [4.78, 5) is 23.9. The average molecular weight is 509 g/mol. The van der Waals surface area contributed by atoms with E-state index in [4.69, 9.17) is 4.98 Å². The lowest BCUT2D eigenvalue weighted by molar-refractivity contribution is -0.111. The second kappa shape index (κ2) is 11.2. The molecule has 2 aromatic heterocycles. The number of benzene rings is 2. The molecule has 7 nitrogen and oxygen atoms in total. The highest BCUT2D eigenvalue weighted by Gasteiger charge is 2.23. The Kier molecular flexibility index (Phi) is 7.56. The fourth-order valence-electron chi connectivity index (χ4n) is 5.44. The topological polar surface area (TPSA) is 75.1 Å². The van der Waals surface area contributed by atoms with Gasteiger partial charge in [-0.25, -0.2) is 9.97 Å². The summed E-state index contributed by atoms with van der Waals surface area (Å²) < 4.78 is 2.43. The minimum atomic E-state index is -0.221. The standard InChI is InChI=1S/C31H36N6O/c1-5-21-19-22(11-9-17-36(3)4)26(33-29(38)6-2)20-25(21)35-31-32-16-15-24(34-31)30-23-12-7-8-13-27(23)37-18-10-14-28(30)37/h6-8,12-13,15-16,19-20H,2,5,9-11,14,17-18H2,1,3-4H3,(H,33,38)(H,32,34,35). The fourth-order valence-corrected chi connectivity index (χ4v) is 5.44. The van der Waals surface area contributed by atoms with Crippen molar-refractivity contribution in [2.24, 2.45) is 0 Å². The number of carbonyl (C=O) groups is 1. The molecule has 0 saturated heterocycles. The van der Waals surface area contributed by atoms with Gasteiger partial charge >= 0.3 is 0 Å². The van der Waals surface area contributed by atoms with E-state index >= 15 is 0 Å². The molecule has 0 fully saturated rings. The Bertz CT molecular complexity index is 1490. The third kappa shape index (κ3) is 5.20. The third-order valence-electron chi connectivity index (χ3n) is 7.24. The van der Waals surface area contributed by atoms with Gasteiger partial charge in [-0.2, -0.15) is 0 Å². The van der Waals surface area contributed by atoms with E-state index in [0.717, 1.165) is 73.4 Å². The second-order valence-electron chi connectivity index (χ2n) is 10.1. The van der Waals surface area contributed by atoms with E-state index < -0.39 is 0 Å². The van der Waals surface area contributed by atoms with Crippen LogP contribution in [0.2, 0.25) is 0 Å². The molecule has 3 heterocycles. The molecule has 0 bridgehead atoms. The van der Waals surface area contributed by atoms with Gasteiger partial charge in [0.05, 0.1) is 5.69 Å². The van der Waals surface area contributed by atoms with Crippen LogP contribution in [0.5, 0.6) is 0 Å². The molecule has 1 amide bonds. The van der Waals surface area contributed by atoms with Gasteiger partial charge in [0.25, 0.3) is 0 Å². The zero-order valence-corrected chi connectivity index (χ0v) is 22.6. The highest BCUT2D eigenvalue weighted by molar-refractivity contribution is 6.00. The summed E-state index contributed by atoms with van der Waals surface area (Å²) >= 11 is 0. The van der Waals surface area contributed by atoms with Gasteiger partial charge in [0.15, 0.2) is 0 Å². The molecule has 1 aliphatic heterocycles. The molecule has 0 spiro atoms. The molecular formula is C31H36N6O. The van der Waals surface area contributed by atoms with Gasteiger partial charge in [-0.3, -0.25) is 4.79 Å². The Labute approximate surface area is 224 Å². The van der Waals surface area contributed by atoms with Crippen molar-refractivity contribution >= 4 is 34.1 Å². The van der Waals surface area contributed by atoms with E-state index in [1.165, 1.54) is 28.2 Å². The maximum Gasteiger partial charge on any atom is 0.247 e. The molecule has 2 aromatic carbocycles. The highest BCUT2D eigenvalue weighted by Crippen LogP contribution is 2.38. The van der Waals surface area contributed by atoms with Crippen molar-refractivity contribution < 1.29 is 4.79 Å². The number of nitrogens with zero attached hydrogens (tertiary/aromatic N) is 4. The summed E-state index contributed by atoms with van der Waals surface area (Å²) in [5.41, 5.74) is 8.71. The number of nitrogens with one attached hydrogen (secondary N) is 2. The quantitative estimate of drug-likeness (QED) is 0.258. The lowest BCUT2D eigenvalue weighted by atomic mass is 10.00. The second-order valence-corrected chi connectivity index (χ2v) is 10.1. The van der Waals surface area contributed by atoms with Gasteiger partial charge in [0.2, 0.25) is 11.9 Å². The first-order valence-corrected chi connectivity index (χ1v) is 13.4. The molecule has 2 N–H and O–H groups in total. The maximum absolute atomic E-state index is 12.2. The fraction of sp³-hybridized carbons (Fsp3) is 0.323. The van der Waals surface area contributed by atoms with Crippen LogP contribution in [-0.4, -0.2) is 46.0 Å². The number of anilines is 3. The van der Waals surface area contributed by atoms with Gasteiger partial charge in [-0.05, 0) is 88.1 Å². The Morgan fingerprint density at radius 3 is 2.79 bits per heavy atom. The molecule has 196 valence electrons. The van der Waals surface area contributed by atoms with Gasteiger partial charge < -0.3 is 20.1 Å². The predicted molar refractivity (Wildman–Crippen MR) is 156 cm³/mol.